The lowest BCUT2D eigenvalue weighted by Crippen LogP contribution is -2.47. The van der Waals surface area contributed by atoms with Crippen molar-refractivity contribution in [1.82, 2.24) is 10.2 Å². The predicted molar refractivity (Wildman–Crippen MR) is 65.1 cm³/mol. The van der Waals surface area contributed by atoms with Gasteiger partial charge in [-0.2, -0.15) is 0 Å². The zero-order valence-electron chi connectivity index (χ0n) is 10.3. The molecule has 0 aromatic rings. The van der Waals surface area contributed by atoms with E-state index in [-0.39, 0.29) is 0 Å². The Labute approximate surface area is 94.4 Å². The Morgan fingerprint density at radius 2 is 1.93 bits per heavy atom. The lowest BCUT2D eigenvalue weighted by molar-refractivity contribution is 0.0998. The molecule has 2 nitrogen and oxygen atoms in total. The van der Waals surface area contributed by atoms with Gasteiger partial charge in [0, 0.05) is 18.6 Å². The summed E-state index contributed by atoms with van der Waals surface area (Å²) in [6.07, 6.45) is 8.63. The highest BCUT2D eigenvalue weighted by atomic mass is 15.2. The average molecular weight is 210 g/mol. The fourth-order valence-electron chi connectivity index (χ4n) is 3.54. The third-order valence-corrected chi connectivity index (χ3v) is 4.35. The van der Waals surface area contributed by atoms with Crippen LogP contribution in [0.1, 0.15) is 45.4 Å². The van der Waals surface area contributed by atoms with Crippen LogP contribution in [-0.4, -0.2) is 37.1 Å². The summed E-state index contributed by atoms with van der Waals surface area (Å²) in [4.78, 5) is 2.81. The van der Waals surface area contributed by atoms with Crippen molar-refractivity contribution in [3.63, 3.8) is 0 Å². The molecule has 3 atom stereocenters. The monoisotopic (exact) mass is 210 g/mol. The molecule has 88 valence electrons. The van der Waals surface area contributed by atoms with Gasteiger partial charge in [0.25, 0.3) is 0 Å². The summed E-state index contributed by atoms with van der Waals surface area (Å²) in [5.41, 5.74) is 0. The van der Waals surface area contributed by atoms with E-state index in [1.807, 2.05) is 0 Å². The van der Waals surface area contributed by atoms with Gasteiger partial charge in [-0.15, -0.1) is 0 Å². The molecule has 2 aliphatic rings. The van der Waals surface area contributed by atoms with E-state index in [1.165, 1.54) is 51.6 Å². The van der Waals surface area contributed by atoms with Crippen molar-refractivity contribution in [2.75, 3.05) is 20.1 Å². The lowest BCUT2D eigenvalue weighted by Gasteiger charge is -2.39. The van der Waals surface area contributed by atoms with Gasteiger partial charge in [-0.1, -0.05) is 19.8 Å². The summed E-state index contributed by atoms with van der Waals surface area (Å²) in [7, 11) is 2.08. The summed E-state index contributed by atoms with van der Waals surface area (Å²) in [5, 5.41) is 3.35. The number of rotatable bonds is 3. The normalized spacial score (nSPS) is 38.4. The Balaban J connectivity index is 1.94. The molecule has 0 aromatic heterocycles. The fraction of sp³-hybridized carbons (Fsp3) is 1.00. The molecule has 2 rings (SSSR count). The van der Waals surface area contributed by atoms with Crippen molar-refractivity contribution in [3.05, 3.63) is 0 Å². The van der Waals surface area contributed by atoms with E-state index < -0.39 is 0 Å². The van der Waals surface area contributed by atoms with E-state index in [2.05, 4.69) is 24.2 Å². The van der Waals surface area contributed by atoms with Gasteiger partial charge in [0.2, 0.25) is 0 Å². The Kier molecular flexibility index (Phi) is 4.04. The average Bonchev–Trinajstić information content (AvgIpc) is 2.67. The molecule has 1 aliphatic carbocycles. The largest absolute Gasteiger partial charge is 0.318 e. The van der Waals surface area contributed by atoms with Crippen molar-refractivity contribution < 1.29 is 0 Å². The van der Waals surface area contributed by atoms with Crippen LogP contribution >= 0.6 is 0 Å². The maximum atomic E-state index is 3.35. The molecule has 1 saturated heterocycles. The summed E-state index contributed by atoms with van der Waals surface area (Å²) in [5.74, 6) is 0.927. The molecule has 1 N–H and O–H groups in total. The van der Waals surface area contributed by atoms with E-state index >= 15 is 0 Å². The second-order valence-electron chi connectivity index (χ2n) is 5.42. The summed E-state index contributed by atoms with van der Waals surface area (Å²) >= 11 is 0. The Morgan fingerprint density at radius 1 is 1.13 bits per heavy atom. The first kappa shape index (κ1) is 11.4. The van der Waals surface area contributed by atoms with Gasteiger partial charge < -0.3 is 5.32 Å². The van der Waals surface area contributed by atoms with Gasteiger partial charge >= 0.3 is 0 Å². The molecule has 0 bridgehead atoms. The molecule has 0 aromatic carbocycles. The summed E-state index contributed by atoms with van der Waals surface area (Å²) in [6.45, 7) is 4.99. The highest BCUT2D eigenvalue weighted by Crippen LogP contribution is 2.32. The van der Waals surface area contributed by atoms with Crippen molar-refractivity contribution in [2.24, 2.45) is 5.92 Å². The second-order valence-corrected chi connectivity index (χ2v) is 5.42. The molecular formula is C13H26N2. The number of nitrogens with one attached hydrogen (secondary N) is 1. The topological polar surface area (TPSA) is 15.3 Å². The van der Waals surface area contributed by atoms with Gasteiger partial charge in [-0.3, -0.25) is 4.90 Å². The molecule has 0 spiro atoms. The Bertz CT molecular complexity index is 193. The van der Waals surface area contributed by atoms with E-state index in [4.69, 9.17) is 0 Å². The first-order chi connectivity index (χ1) is 7.33. The van der Waals surface area contributed by atoms with Crippen LogP contribution in [0.25, 0.3) is 0 Å². The first-order valence-electron chi connectivity index (χ1n) is 6.73. The maximum Gasteiger partial charge on any atom is 0.0224 e. The van der Waals surface area contributed by atoms with Gasteiger partial charge in [0.1, 0.15) is 0 Å². The van der Waals surface area contributed by atoms with Crippen LogP contribution in [0.4, 0.5) is 0 Å². The summed E-state index contributed by atoms with van der Waals surface area (Å²) in [6, 6.07) is 1.71. The number of nitrogens with zero attached hydrogens (tertiary/aromatic N) is 1. The van der Waals surface area contributed by atoms with E-state index in [0.717, 1.165) is 18.0 Å². The molecule has 3 unspecified atom stereocenters. The van der Waals surface area contributed by atoms with Crippen LogP contribution in [0.2, 0.25) is 0 Å². The van der Waals surface area contributed by atoms with E-state index in [9.17, 15) is 0 Å². The zero-order chi connectivity index (χ0) is 10.7. The van der Waals surface area contributed by atoms with Crippen LogP contribution in [0.15, 0.2) is 0 Å². The minimum Gasteiger partial charge on any atom is -0.318 e. The van der Waals surface area contributed by atoms with Gasteiger partial charge in [-0.25, -0.2) is 0 Å². The molecule has 0 amide bonds. The predicted octanol–water partition coefficient (Wildman–Crippen LogP) is 2.25. The van der Waals surface area contributed by atoms with Gasteiger partial charge in [-0.05, 0) is 45.2 Å². The van der Waals surface area contributed by atoms with Crippen molar-refractivity contribution in [1.29, 1.82) is 0 Å². The van der Waals surface area contributed by atoms with Gasteiger partial charge in [0.05, 0.1) is 0 Å². The van der Waals surface area contributed by atoms with Crippen LogP contribution < -0.4 is 5.32 Å². The molecule has 15 heavy (non-hydrogen) atoms. The SMILES string of the molecule is CNCC1CCCN1C1CCCCC1C. The minimum atomic E-state index is 0.820. The lowest BCUT2D eigenvalue weighted by atomic mass is 9.84. The third-order valence-electron chi connectivity index (χ3n) is 4.35. The van der Waals surface area contributed by atoms with E-state index in [1.54, 1.807) is 0 Å². The number of hydrogen-bond acceptors (Lipinski definition) is 2. The number of likely N-dealkylation sites (N-methyl/N-ethyl adjacent to an activating group) is 1. The Hall–Kier alpha value is -0.0800. The molecule has 2 heteroatoms. The molecule has 1 aliphatic heterocycles. The molecular weight excluding hydrogens is 184 g/mol. The second kappa shape index (κ2) is 5.31. The Morgan fingerprint density at radius 3 is 2.67 bits per heavy atom. The minimum absolute atomic E-state index is 0.820. The number of hydrogen-bond donors (Lipinski definition) is 1. The van der Waals surface area contributed by atoms with Crippen molar-refractivity contribution in [3.8, 4) is 0 Å². The standard InChI is InChI=1S/C13H26N2/c1-11-6-3-4-8-13(11)15-9-5-7-12(15)10-14-2/h11-14H,3-10H2,1-2H3. The van der Waals surface area contributed by atoms with Crippen LogP contribution in [-0.2, 0) is 0 Å². The van der Waals surface area contributed by atoms with Crippen molar-refractivity contribution >= 4 is 0 Å². The van der Waals surface area contributed by atoms with E-state index in [0.29, 0.717) is 0 Å². The molecule has 1 saturated carbocycles. The fourth-order valence-corrected chi connectivity index (χ4v) is 3.54. The third kappa shape index (κ3) is 2.54. The van der Waals surface area contributed by atoms with Crippen LogP contribution in [0, 0.1) is 5.92 Å². The molecule has 0 radical (unpaired) electrons. The highest BCUT2D eigenvalue weighted by molar-refractivity contribution is 4.89. The first-order valence-corrected chi connectivity index (χ1v) is 6.73. The molecule has 2 fully saturated rings. The van der Waals surface area contributed by atoms with Gasteiger partial charge in [0.15, 0.2) is 0 Å². The van der Waals surface area contributed by atoms with Crippen LogP contribution in [0.3, 0.4) is 0 Å². The highest BCUT2D eigenvalue weighted by Gasteiger charge is 2.34. The maximum absolute atomic E-state index is 3.35. The number of likely N-dealkylation sites (tertiary alicyclic amines) is 1. The smallest absolute Gasteiger partial charge is 0.0224 e. The zero-order valence-corrected chi connectivity index (χ0v) is 10.3. The molecule has 1 heterocycles. The quantitative estimate of drug-likeness (QED) is 0.768. The van der Waals surface area contributed by atoms with Crippen LogP contribution in [0.5, 0.6) is 0 Å². The summed E-state index contributed by atoms with van der Waals surface area (Å²) < 4.78 is 0. The van der Waals surface area contributed by atoms with Crippen molar-refractivity contribution in [2.45, 2.75) is 57.5 Å².